The number of imidazole rings is 1. The number of hydrogen-bond acceptors (Lipinski definition) is 5. The van der Waals surface area contributed by atoms with Gasteiger partial charge in [-0.3, -0.25) is 0 Å². The summed E-state index contributed by atoms with van der Waals surface area (Å²) in [4.78, 5) is 8.09. The number of anilines is 1. The van der Waals surface area contributed by atoms with Gasteiger partial charge in [-0.25, -0.2) is 13.4 Å². The van der Waals surface area contributed by atoms with Crippen molar-refractivity contribution in [3.63, 3.8) is 0 Å². The minimum absolute atomic E-state index is 0.301. The van der Waals surface area contributed by atoms with Gasteiger partial charge in [0.2, 0.25) is 16.0 Å². The van der Waals surface area contributed by atoms with E-state index in [-0.39, 0.29) is 0 Å². The molecule has 4 aromatic carbocycles. The van der Waals surface area contributed by atoms with Crippen LogP contribution >= 0.6 is 0 Å². The van der Waals surface area contributed by atoms with Gasteiger partial charge in [0.15, 0.2) is 0 Å². The second-order valence-corrected chi connectivity index (χ2v) is 11.4. The Morgan fingerprint density at radius 2 is 1.33 bits per heavy atom. The molecule has 0 fully saturated rings. The van der Waals surface area contributed by atoms with E-state index in [9.17, 15) is 8.42 Å². The van der Waals surface area contributed by atoms with Crippen LogP contribution in [0.2, 0.25) is 0 Å². The Balaban J connectivity index is 1.22. The van der Waals surface area contributed by atoms with Crippen LogP contribution in [-0.2, 0) is 29.7 Å². The average molecular weight is 540 g/mol. The van der Waals surface area contributed by atoms with Crippen molar-refractivity contribution in [2.24, 2.45) is 0 Å². The van der Waals surface area contributed by atoms with Gasteiger partial charge in [0.25, 0.3) is 0 Å². The lowest BCUT2D eigenvalue weighted by atomic mass is 10.2. The predicted molar refractivity (Wildman–Crippen MR) is 157 cm³/mol. The third kappa shape index (κ3) is 7.11. The highest BCUT2D eigenvalue weighted by atomic mass is 32.2. The lowest BCUT2D eigenvalue weighted by Crippen LogP contribution is -2.32. The van der Waals surface area contributed by atoms with Crippen molar-refractivity contribution in [1.82, 2.24) is 19.6 Å². The molecule has 0 amide bonds. The summed E-state index contributed by atoms with van der Waals surface area (Å²) < 4.78 is 29.0. The minimum atomic E-state index is -3.68. The molecule has 0 aliphatic heterocycles. The Morgan fingerprint density at radius 1 is 0.718 bits per heavy atom. The molecule has 0 bridgehead atoms. The SMILES string of the molecule is O=S(=O)(c1ccc(CNCc2ccccc2)cc1)N(CCCNc1nc2ccccc2[nH]1)Cc1ccccc1. The Labute approximate surface area is 230 Å². The van der Waals surface area contributed by atoms with Gasteiger partial charge in [-0.15, -0.1) is 0 Å². The van der Waals surface area contributed by atoms with Crippen LogP contribution in [-0.4, -0.2) is 35.8 Å². The molecule has 0 atom stereocenters. The molecule has 0 saturated heterocycles. The number of rotatable bonds is 13. The van der Waals surface area contributed by atoms with Crippen LogP contribution in [0.15, 0.2) is 114 Å². The number of nitrogens with one attached hydrogen (secondary N) is 3. The van der Waals surface area contributed by atoms with E-state index >= 15 is 0 Å². The second kappa shape index (κ2) is 12.7. The maximum atomic E-state index is 13.7. The van der Waals surface area contributed by atoms with Crippen molar-refractivity contribution in [3.8, 4) is 0 Å². The van der Waals surface area contributed by atoms with E-state index in [1.807, 2.05) is 84.9 Å². The summed E-state index contributed by atoms with van der Waals surface area (Å²) in [5.74, 6) is 0.685. The fourth-order valence-corrected chi connectivity index (χ4v) is 5.91. The van der Waals surface area contributed by atoms with Gasteiger partial charge in [0.05, 0.1) is 15.9 Å². The highest BCUT2D eigenvalue weighted by Crippen LogP contribution is 2.20. The summed E-state index contributed by atoms with van der Waals surface area (Å²) in [5, 5.41) is 6.70. The van der Waals surface area contributed by atoms with Gasteiger partial charge in [0.1, 0.15) is 0 Å². The Bertz CT molecular complexity index is 1540. The van der Waals surface area contributed by atoms with Crippen molar-refractivity contribution in [1.29, 1.82) is 0 Å². The molecular weight excluding hydrogens is 506 g/mol. The summed E-state index contributed by atoms with van der Waals surface area (Å²) in [6.45, 7) is 2.70. The zero-order valence-corrected chi connectivity index (χ0v) is 22.6. The summed E-state index contributed by atoms with van der Waals surface area (Å²) >= 11 is 0. The summed E-state index contributed by atoms with van der Waals surface area (Å²) in [6.07, 6.45) is 0.630. The molecule has 5 aromatic rings. The summed E-state index contributed by atoms with van der Waals surface area (Å²) in [5.41, 5.74) is 5.06. The van der Waals surface area contributed by atoms with Crippen LogP contribution in [0.1, 0.15) is 23.1 Å². The number of H-pyrrole nitrogens is 1. The lowest BCUT2D eigenvalue weighted by molar-refractivity contribution is 0.403. The summed E-state index contributed by atoms with van der Waals surface area (Å²) in [7, 11) is -3.68. The average Bonchev–Trinajstić information content (AvgIpc) is 3.39. The van der Waals surface area contributed by atoms with E-state index in [2.05, 4.69) is 32.7 Å². The van der Waals surface area contributed by atoms with Crippen molar-refractivity contribution in [3.05, 3.63) is 126 Å². The Morgan fingerprint density at radius 3 is 2.03 bits per heavy atom. The van der Waals surface area contributed by atoms with E-state index < -0.39 is 10.0 Å². The molecule has 5 rings (SSSR count). The normalized spacial score (nSPS) is 11.7. The number of sulfonamides is 1. The van der Waals surface area contributed by atoms with E-state index in [0.717, 1.165) is 28.7 Å². The molecule has 0 radical (unpaired) electrons. The topological polar surface area (TPSA) is 90.1 Å². The van der Waals surface area contributed by atoms with E-state index in [0.29, 0.717) is 43.4 Å². The number of aromatic amines is 1. The number of aromatic nitrogens is 2. The number of benzene rings is 4. The fraction of sp³-hybridized carbons (Fsp3) is 0.194. The molecular formula is C31H33N5O2S. The molecule has 0 aliphatic carbocycles. The van der Waals surface area contributed by atoms with Crippen LogP contribution < -0.4 is 10.6 Å². The van der Waals surface area contributed by atoms with Gasteiger partial charge >= 0.3 is 0 Å². The van der Waals surface area contributed by atoms with Gasteiger partial charge in [-0.1, -0.05) is 84.9 Å². The van der Waals surface area contributed by atoms with Crippen LogP contribution in [0.3, 0.4) is 0 Å². The zero-order valence-electron chi connectivity index (χ0n) is 21.8. The maximum Gasteiger partial charge on any atom is 0.243 e. The number of nitrogens with zero attached hydrogens (tertiary/aromatic N) is 2. The molecule has 7 nitrogen and oxygen atoms in total. The first kappa shape index (κ1) is 26.6. The maximum absolute atomic E-state index is 13.7. The quantitative estimate of drug-likeness (QED) is 0.171. The van der Waals surface area contributed by atoms with Gasteiger partial charge < -0.3 is 15.6 Å². The van der Waals surface area contributed by atoms with Crippen molar-refractivity contribution in [2.75, 3.05) is 18.4 Å². The Kier molecular flexibility index (Phi) is 8.68. The van der Waals surface area contributed by atoms with E-state index in [1.54, 1.807) is 16.4 Å². The summed E-state index contributed by atoms with van der Waals surface area (Å²) in [6, 6.07) is 34.9. The predicted octanol–water partition coefficient (Wildman–Crippen LogP) is 5.55. The molecule has 0 unspecified atom stereocenters. The van der Waals surface area contributed by atoms with Crippen molar-refractivity contribution in [2.45, 2.75) is 31.0 Å². The van der Waals surface area contributed by atoms with E-state index in [1.165, 1.54) is 5.56 Å². The van der Waals surface area contributed by atoms with Crippen LogP contribution in [0.25, 0.3) is 11.0 Å². The number of fused-ring (bicyclic) bond motifs is 1. The molecule has 0 aliphatic rings. The molecule has 3 N–H and O–H groups in total. The zero-order chi connectivity index (χ0) is 26.9. The molecule has 8 heteroatoms. The second-order valence-electron chi connectivity index (χ2n) is 9.44. The number of para-hydroxylation sites is 2. The van der Waals surface area contributed by atoms with Crippen molar-refractivity contribution >= 4 is 27.0 Å². The molecule has 39 heavy (non-hydrogen) atoms. The third-order valence-electron chi connectivity index (χ3n) is 6.53. The molecule has 200 valence electrons. The first-order valence-corrected chi connectivity index (χ1v) is 14.6. The fourth-order valence-electron chi connectivity index (χ4n) is 4.45. The first-order chi connectivity index (χ1) is 19.1. The monoisotopic (exact) mass is 539 g/mol. The molecule has 1 aromatic heterocycles. The smallest absolute Gasteiger partial charge is 0.243 e. The third-order valence-corrected chi connectivity index (χ3v) is 8.39. The van der Waals surface area contributed by atoms with Crippen LogP contribution in [0, 0.1) is 0 Å². The lowest BCUT2D eigenvalue weighted by Gasteiger charge is -2.23. The highest BCUT2D eigenvalue weighted by molar-refractivity contribution is 7.89. The Hall–Kier alpha value is -3.98. The molecule has 0 spiro atoms. The van der Waals surface area contributed by atoms with Crippen molar-refractivity contribution < 1.29 is 8.42 Å². The largest absolute Gasteiger partial charge is 0.356 e. The van der Waals surface area contributed by atoms with E-state index in [4.69, 9.17) is 0 Å². The minimum Gasteiger partial charge on any atom is -0.356 e. The van der Waals surface area contributed by atoms with Crippen LogP contribution in [0.5, 0.6) is 0 Å². The van der Waals surface area contributed by atoms with Crippen LogP contribution in [0.4, 0.5) is 5.95 Å². The van der Waals surface area contributed by atoms with Gasteiger partial charge in [-0.05, 0) is 47.4 Å². The molecule has 0 saturated carbocycles. The number of hydrogen-bond donors (Lipinski definition) is 3. The van der Waals surface area contributed by atoms with Gasteiger partial charge in [-0.2, -0.15) is 4.31 Å². The molecule has 1 heterocycles. The first-order valence-electron chi connectivity index (χ1n) is 13.1. The highest BCUT2D eigenvalue weighted by Gasteiger charge is 2.24. The van der Waals surface area contributed by atoms with Gasteiger partial charge in [0, 0.05) is 32.7 Å². The standard InChI is InChI=1S/C31H33N5O2S/c37-39(38,28-18-16-26(17-19-28)23-32-22-25-10-3-1-4-11-25)36(24-27-12-5-2-6-13-27)21-9-20-33-31-34-29-14-7-8-15-30(29)35-31/h1-8,10-19,32H,9,20-24H2,(H2,33,34,35).